The first-order valence-corrected chi connectivity index (χ1v) is 4.75. The molecule has 0 aliphatic carbocycles. The Labute approximate surface area is 70.6 Å². The Morgan fingerprint density at radius 2 is 2.00 bits per heavy atom. The molecule has 1 N–H and O–H groups in total. The van der Waals surface area contributed by atoms with Crippen molar-refractivity contribution < 1.29 is 0 Å². The van der Waals surface area contributed by atoms with Crippen molar-refractivity contribution in [2.45, 2.75) is 34.1 Å². The molecule has 1 nitrogen and oxygen atoms in total. The Morgan fingerprint density at radius 3 is 2.36 bits per heavy atom. The fourth-order valence-electron chi connectivity index (χ4n) is 2.43. The molecule has 0 aromatic carbocycles. The van der Waals surface area contributed by atoms with Gasteiger partial charge in [-0.3, -0.25) is 0 Å². The SMILES string of the molecule is CC(C)C1CCNCC1(C)C. The van der Waals surface area contributed by atoms with Gasteiger partial charge in [-0.15, -0.1) is 0 Å². The highest BCUT2D eigenvalue weighted by atomic mass is 14.9. The molecule has 1 heterocycles. The Morgan fingerprint density at radius 1 is 1.36 bits per heavy atom. The van der Waals surface area contributed by atoms with Crippen molar-refractivity contribution in [2.75, 3.05) is 13.1 Å². The zero-order valence-corrected chi connectivity index (χ0v) is 8.28. The van der Waals surface area contributed by atoms with Crippen LogP contribution in [0.1, 0.15) is 34.1 Å². The van der Waals surface area contributed by atoms with Gasteiger partial charge in [-0.2, -0.15) is 0 Å². The summed E-state index contributed by atoms with van der Waals surface area (Å²) in [4.78, 5) is 0. The van der Waals surface area contributed by atoms with E-state index in [1.165, 1.54) is 19.5 Å². The maximum absolute atomic E-state index is 3.46. The van der Waals surface area contributed by atoms with Crippen LogP contribution in [0.2, 0.25) is 0 Å². The molecule has 1 heteroatoms. The number of rotatable bonds is 1. The molecule has 0 spiro atoms. The van der Waals surface area contributed by atoms with E-state index in [1.54, 1.807) is 0 Å². The first-order valence-electron chi connectivity index (χ1n) is 4.75. The average molecular weight is 155 g/mol. The lowest BCUT2D eigenvalue weighted by molar-refractivity contribution is 0.111. The lowest BCUT2D eigenvalue weighted by Crippen LogP contribution is -2.44. The standard InChI is InChI=1S/C10H21N/c1-8(2)9-5-6-11-7-10(9,3)4/h8-9,11H,5-7H2,1-4H3. The molecule has 0 aromatic rings. The van der Waals surface area contributed by atoms with Gasteiger partial charge >= 0.3 is 0 Å². The first-order chi connectivity index (χ1) is 5.04. The molecule has 0 amide bonds. The molecule has 1 fully saturated rings. The summed E-state index contributed by atoms with van der Waals surface area (Å²) >= 11 is 0. The maximum Gasteiger partial charge on any atom is 0.000528 e. The fourth-order valence-corrected chi connectivity index (χ4v) is 2.43. The van der Waals surface area contributed by atoms with Crippen molar-refractivity contribution in [3.05, 3.63) is 0 Å². The highest BCUT2D eigenvalue weighted by Crippen LogP contribution is 2.36. The Bertz CT molecular complexity index is 127. The second-order valence-electron chi connectivity index (χ2n) is 4.80. The summed E-state index contributed by atoms with van der Waals surface area (Å²) in [6.07, 6.45) is 1.35. The van der Waals surface area contributed by atoms with Crippen molar-refractivity contribution in [1.29, 1.82) is 0 Å². The van der Waals surface area contributed by atoms with E-state index in [4.69, 9.17) is 0 Å². The summed E-state index contributed by atoms with van der Waals surface area (Å²) in [5.74, 6) is 1.75. The molecule has 11 heavy (non-hydrogen) atoms. The van der Waals surface area contributed by atoms with E-state index in [2.05, 4.69) is 33.0 Å². The number of piperidine rings is 1. The molecule has 1 unspecified atom stereocenters. The summed E-state index contributed by atoms with van der Waals surface area (Å²) in [5.41, 5.74) is 0.506. The molecule has 1 atom stereocenters. The second-order valence-corrected chi connectivity index (χ2v) is 4.80. The summed E-state index contributed by atoms with van der Waals surface area (Å²) in [5, 5.41) is 3.46. The molecule has 1 rings (SSSR count). The van der Waals surface area contributed by atoms with Crippen LogP contribution in [0.15, 0.2) is 0 Å². The van der Waals surface area contributed by atoms with Gasteiger partial charge in [0.25, 0.3) is 0 Å². The summed E-state index contributed by atoms with van der Waals surface area (Å²) in [6.45, 7) is 11.9. The predicted octanol–water partition coefficient (Wildman–Crippen LogP) is 2.28. The van der Waals surface area contributed by atoms with Crippen LogP contribution in [-0.4, -0.2) is 13.1 Å². The van der Waals surface area contributed by atoms with Gasteiger partial charge in [0, 0.05) is 6.54 Å². The molecule has 0 bridgehead atoms. The van der Waals surface area contributed by atoms with Crippen LogP contribution in [0.25, 0.3) is 0 Å². The molecule has 1 saturated heterocycles. The monoisotopic (exact) mass is 155 g/mol. The van der Waals surface area contributed by atoms with Crippen molar-refractivity contribution >= 4 is 0 Å². The van der Waals surface area contributed by atoms with E-state index in [1.807, 2.05) is 0 Å². The Balaban J connectivity index is 2.60. The predicted molar refractivity (Wildman–Crippen MR) is 49.6 cm³/mol. The highest BCUT2D eigenvalue weighted by molar-refractivity contribution is 4.86. The minimum absolute atomic E-state index is 0.506. The van der Waals surface area contributed by atoms with Gasteiger partial charge in [0.05, 0.1) is 0 Å². The fraction of sp³-hybridized carbons (Fsp3) is 1.00. The third-order valence-corrected chi connectivity index (χ3v) is 3.02. The zero-order valence-electron chi connectivity index (χ0n) is 8.28. The van der Waals surface area contributed by atoms with Gasteiger partial charge in [0.1, 0.15) is 0 Å². The molecule has 1 aliphatic rings. The van der Waals surface area contributed by atoms with Crippen LogP contribution in [0.4, 0.5) is 0 Å². The second kappa shape index (κ2) is 3.14. The smallest absolute Gasteiger partial charge is 0.000528 e. The molecule has 66 valence electrons. The van der Waals surface area contributed by atoms with E-state index < -0.39 is 0 Å². The zero-order chi connectivity index (χ0) is 8.48. The Kier molecular flexibility index (Phi) is 2.58. The van der Waals surface area contributed by atoms with Crippen LogP contribution in [0.5, 0.6) is 0 Å². The van der Waals surface area contributed by atoms with Crippen molar-refractivity contribution in [1.82, 2.24) is 5.32 Å². The molecule has 0 saturated carbocycles. The summed E-state index contributed by atoms with van der Waals surface area (Å²) in [6, 6.07) is 0. The van der Waals surface area contributed by atoms with Gasteiger partial charge in [-0.25, -0.2) is 0 Å². The van der Waals surface area contributed by atoms with E-state index in [0.29, 0.717) is 5.41 Å². The largest absolute Gasteiger partial charge is 0.316 e. The van der Waals surface area contributed by atoms with Gasteiger partial charge in [-0.05, 0) is 30.2 Å². The van der Waals surface area contributed by atoms with Gasteiger partial charge in [0.15, 0.2) is 0 Å². The summed E-state index contributed by atoms with van der Waals surface area (Å²) in [7, 11) is 0. The van der Waals surface area contributed by atoms with E-state index in [9.17, 15) is 0 Å². The molecule has 0 radical (unpaired) electrons. The van der Waals surface area contributed by atoms with Crippen LogP contribution in [0.3, 0.4) is 0 Å². The quantitative estimate of drug-likeness (QED) is 0.612. The van der Waals surface area contributed by atoms with Gasteiger partial charge < -0.3 is 5.32 Å². The summed E-state index contributed by atoms with van der Waals surface area (Å²) < 4.78 is 0. The van der Waals surface area contributed by atoms with Crippen LogP contribution < -0.4 is 5.32 Å². The lowest BCUT2D eigenvalue weighted by atomic mass is 9.69. The van der Waals surface area contributed by atoms with E-state index in [0.717, 1.165) is 11.8 Å². The van der Waals surface area contributed by atoms with Crippen LogP contribution >= 0.6 is 0 Å². The molecular weight excluding hydrogens is 134 g/mol. The number of hydrogen-bond donors (Lipinski definition) is 1. The maximum atomic E-state index is 3.46. The Hall–Kier alpha value is -0.0400. The highest BCUT2D eigenvalue weighted by Gasteiger charge is 2.33. The van der Waals surface area contributed by atoms with Crippen molar-refractivity contribution in [2.24, 2.45) is 17.3 Å². The van der Waals surface area contributed by atoms with Crippen molar-refractivity contribution in [3.63, 3.8) is 0 Å². The minimum Gasteiger partial charge on any atom is -0.316 e. The van der Waals surface area contributed by atoms with Gasteiger partial charge in [0.2, 0.25) is 0 Å². The topological polar surface area (TPSA) is 12.0 Å². The van der Waals surface area contributed by atoms with E-state index >= 15 is 0 Å². The van der Waals surface area contributed by atoms with Crippen LogP contribution in [-0.2, 0) is 0 Å². The first kappa shape index (κ1) is 9.05. The molecule has 0 aromatic heterocycles. The average Bonchev–Trinajstić information content (AvgIpc) is 1.85. The van der Waals surface area contributed by atoms with Gasteiger partial charge in [-0.1, -0.05) is 27.7 Å². The van der Waals surface area contributed by atoms with Crippen molar-refractivity contribution in [3.8, 4) is 0 Å². The number of hydrogen-bond acceptors (Lipinski definition) is 1. The van der Waals surface area contributed by atoms with Crippen LogP contribution in [0, 0.1) is 17.3 Å². The van der Waals surface area contributed by atoms with E-state index in [-0.39, 0.29) is 0 Å². The molecular formula is C10H21N. The normalized spacial score (nSPS) is 30.8. The lowest BCUT2D eigenvalue weighted by Gasteiger charge is -2.41. The third-order valence-electron chi connectivity index (χ3n) is 3.02. The number of nitrogens with one attached hydrogen (secondary N) is 1. The minimum atomic E-state index is 0.506. The molecule has 1 aliphatic heterocycles. The third kappa shape index (κ3) is 1.96.